The molecule has 0 bridgehead atoms. The number of nitrogens with one attached hydrogen (secondary N) is 2. The fourth-order valence-electron chi connectivity index (χ4n) is 5.71. The predicted octanol–water partition coefficient (Wildman–Crippen LogP) is 3.42. The van der Waals surface area contributed by atoms with Crippen molar-refractivity contribution in [2.24, 2.45) is 11.8 Å². The van der Waals surface area contributed by atoms with Crippen LogP contribution in [-0.4, -0.2) is 58.2 Å². The standard InChI is InChI=1S/C24H35N5O2/c1-28-22(31)24(27-23(28)25,12-9-18-6-3-2-4-7-18)16-19-8-5-15-29(17-19)21(30)20-10-13-26-14-11-20/h10-11,13-14,18-19H,2-9,12,15-17H2,1H3,(H2,25,27)/t19-,24-/m0/s1. The van der Waals surface area contributed by atoms with Crippen molar-refractivity contribution >= 4 is 17.8 Å². The van der Waals surface area contributed by atoms with Gasteiger partial charge in [0.15, 0.2) is 5.96 Å². The topological polar surface area (TPSA) is 89.4 Å². The monoisotopic (exact) mass is 425 g/mol. The molecular formula is C24H35N5O2. The van der Waals surface area contributed by atoms with Gasteiger partial charge in [-0.05, 0) is 56.1 Å². The van der Waals surface area contributed by atoms with Gasteiger partial charge in [-0.2, -0.15) is 0 Å². The van der Waals surface area contributed by atoms with E-state index in [2.05, 4.69) is 10.3 Å². The van der Waals surface area contributed by atoms with E-state index in [0.29, 0.717) is 24.4 Å². The molecule has 2 amide bonds. The first-order valence-corrected chi connectivity index (χ1v) is 11.8. The summed E-state index contributed by atoms with van der Waals surface area (Å²) in [4.78, 5) is 33.6. The van der Waals surface area contributed by atoms with Gasteiger partial charge in [-0.25, -0.2) is 0 Å². The number of carbonyl (C=O) groups excluding carboxylic acids is 2. The van der Waals surface area contributed by atoms with Gasteiger partial charge in [-0.1, -0.05) is 32.1 Å². The van der Waals surface area contributed by atoms with E-state index < -0.39 is 5.54 Å². The van der Waals surface area contributed by atoms with Gasteiger partial charge in [0.25, 0.3) is 11.8 Å². The van der Waals surface area contributed by atoms with Crippen LogP contribution >= 0.6 is 0 Å². The summed E-state index contributed by atoms with van der Waals surface area (Å²) in [6.45, 7) is 1.42. The highest BCUT2D eigenvalue weighted by atomic mass is 16.2. The Balaban J connectivity index is 1.45. The normalized spacial score (nSPS) is 27.5. The van der Waals surface area contributed by atoms with E-state index in [9.17, 15) is 9.59 Å². The Labute approximate surface area is 185 Å². The molecule has 7 heteroatoms. The summed E-state index contributed by atoms with van der Waals surface area (Å²) in [5.41, 5.74) is -0.0318. The number of amides is 2. The van der Waals surface area contributed by atoms with Crippen molar-refractivity contribution in [3.8, 4) is 0 Å². The van der Waals surface area contributed by atoms with Gasteiger partial charge in [-0.15, -0.1) is 0 Å². The second kappa shape index (κ2) is 9.37. The van der Waals surface area contributed by atoms with E-state index in [-0.39, 0.29) is 23.7 Å². The van der Waals surface area contributed by atoms with E-state index in [0.717, 1.165) is 32.2 Å². The van der Waals surface area contributed by atoms with Crippen molar-refractivity contribution in [1.29, 1.82) is 5.41 Å². The van der Waals surface area contributed by atoms with Crippen LogP contribution in [-0.2, 0) is 4.79 Å². The second-order valence-electron chi connectivity index (χ2n) is 9.66. The van der Waals surface area contributed by atoms with Crippen LogP contribution in [0.1, 0.15) is 74.6 Å². The number of pyridine rings is 1. The third kappa shape index (κ3) is 4.75. The molecular weight excluding hydrogens is 390 g/mol. The number of hydrogen-bond acceptors (Lipinski definition) is 4. The molecule has 1 saturated carbocycles. The number of aromatic nitrogens is 1. The van der Waals surface area contributed by atoms with Crippen LogP contribution in [0.5, 0.6) is 0 Å². The lowest BCUT2D eigenvalue weighted by Crippen LogP contribution is -2.51. The molecule has 2 saturated heterocycles. The Bertz CT molecular complexity index is 807. The van der Waals surface area contributed by atoms with Crippen molar-refractivity contribution in [1.82, 2.24) is 20.1 Å². The maximum atomic E-state index is 13.3. The Morgan fingerprint density at radius 2 is 1.87 bits per heavy atom. The molecule has 1 aromatic heterocycles. The molecule has 31 heavy (non-hydrogen) atoms. The van der Waals surface area contributed by atoms with Crippen molar-refractivity contribution in [3.05, 3.63) is 30.1 Å². The van der Waals surface area contributed by atoms with Crippen molar-refractivity contribution < 1.29 is 9.59 Å². The first-order valence-electron chi connectivity index (χ1n) is 11.8. The minimum Gasteiger partial charge on any atom is -0.342 e. The molecule has 3 heterocycles. The molecule has 3 fully saturated rings. The van der Waals surface area contributed by atoms with Crippen LogP contribution in [0.4, 0.5) is 0 Å². The van der Waals surface area contributed by atoms with Crippen molar-refractivity contribution in [2.75, 3.05) is 20.1 Å². The molecule has 0 aromatic carbocycles. The third-order valence-corrected chi connectivity index (χ3v) is 7.48. The van der Waals surface area contributed by atoms with Crippen LogP contribution in [0.3, 0.4) is 0 Å². The smallest absolute Gasteiger partial charge is 0.254 e. The summed E-state index contributed by atoms with van der Waals surface area (Å²) in [7, 11) is 1.69. The first-order chi connectivity index (χ1) is 15.0. The van der Waals surface area contributed by atoms with Crippen molar-refractivity contribution in [2.45, 2.75) is 69.7 Å². The van der Waals surface area contributed by atoms with Gasteiger partial charge in [0.1, 0.15) is 5.54 Å². The number of likely N-dealkylation sites (N-methyl/N-ethyl adjacent to an activating group) is 1. The molecule has 2 aliphatic heterocycles. The lowest BCUT2D eigenvalue weighted by molar-refractivity contribution is -0.131. The van der Waals surface area contributed by atoms with Crippen LogP contribution < -0.4 is 5.32 Å². The summed E-state index contributed by atoms with van der Waals surface area (Å²) in [6, 6.07) is 3.52. The van der Waals surface area contributed by atoms with E-state index in [1.807, 2.05) is 4.90 Å². The maximum absolute atomic E-state index is 13.3. The summed E-state index contributed by atoms with van der Waals surface area (Å²) in [5.74, 6) is 1.21. The first kappa shape index (κ1) is 21.8. The fourth-order valence-corrected chi connectivity index (χ4v) is 5.71. The number of guanidine groups is 1. The Morgan fingerprint density at radius 1 is 1.16 bits per heavy atom. The molecule has 168 valence electrons. The fraction of sp³-hybridized carbons (Fsp3) is 0.667. The lowest BCUT2D eigenvalue weighted by atomic mass is 9.77. The second-order valence-corrected chi connectivity index (χ2v) is 9.66. The van der Waals surface area contributed by atoms with Gasteiger partial charge < -0.3 is 10.2 Å². The van der Waals surface area contributed by atoms with E-state index in [1.54, 1.807) is 31.6 Å². The Kier molecular flexibility index (Phi) is 6.58. The number of likely N-dealkylation sites (tertiary alicyclic amines) is 1. The maximum Gasteiger partial charge on any atom is 0.254 e. The number of nitrogens with zero attached hydrogens (tertiary/aromatic N) is 3. The number of rotatable bonds is 6. The average Bonchev–Trinajstić information content (AvgIpc) is 3.02. The highest BCUT2D eigenvalue weighted by Crippen LogP contribution is 2.36. The Hall–Kier alpha value is -2.44. The highest BCUT2D eigenvalue weighted by molar-refractivity contribution is 6.07. The van der Waals surface area contributed by atoms with E-state index in [4.69, 9.17) is 5.41 Å². The third-order valence-electron chi connectivity index (χ3n) is 7.48. The lowest BCUT2D eigenvalue weighted by Gasteiger charge is -2.38. The minimum absolute atomic E-state index is 0.0193. The molecule has 0 radical (unpaired) electrons. The quantitative estimate of drug-likeness (QED) is 0.731. The molecule has 2 atom stereocenters. The van der Waals surface area contributed by atoms with Crippen LogP contribution in [0, 0.1) is 17.2 Å². The molecule has 3 aliphatic rings. The van der Waals surface area contributed by atoms with Crippen LogP contribution in [0.2, 0.25) is 0 Å². The zero-order valence-electron chi connectivity index (χ0n) is 18.6. The highest BCUT2D eigenvalue weighted by Gasteiger charge is 2.49. The molecule has 7 nitrogen and oxygen atoms in total. The molecule has 0 spiro atoms. The summed E-state index contributed by atoms with van der Waals surface area (Å²) in [6.07, 6.45) is 14.2. The minimum atomic E-state index is -0.698. The van der Waals surface area contributed by atoms with E-state index in [1.165, 1.54) is 37.0 Å². The molecule has 1 aliphatic carbocycles. The van der Waals surface area contributed by atoms with Crippen LogP contribution in [0.15, 0.2) is 24.5 Å². The molecule has 4 rings (SSSR count). The predicted molar refractivity (Wildman–Crippen MR) is 120 cm³/mol. The van der Waals surface area contributed by atoms with Gasteiger partial charge in [0, 0.05) is 38.1 Å². The molecule has 2 N–H and O–H groups in total. The largest absolute Gasteiger partial charge is 0.342 e. The number of piperidine rings is 1. The molecule has 1 aromatic rings. The Morgan fingerprint density at radius 3 is 2.55 bits per heavy atom. The van der Waals surface area contributed by atoms with Gasteiger partial charge >= 0.3 is 0 Å². The zero-order chi connectivity index (χ0) is 21.8. The number of carbonyl (C=O) groups is 2. The van der Waals surface area contributed by atoms with Crippen LogP contribution in [0.25, 0.3) is 0 Å². The van der Waals surface area contributed by atoms with Gasteiger partial charge in [0.2, 0.25) is 0 Å². The SMILES string of the molecule is CN1C(=N)N[C@@](CCC2CCCCC2)(C[C@@H]2CCCN(C(=O)c3ccncc3)C2)C1=O. The van der Waals surface area contributed by atoms with Crippen molar-refractivity contribution in [3.63, 3.8) is 0 Å². The van der Waals surface area contributed by atoms with E-state index >= 15 is 0 Å². The summed E-state index contributed by atoms with van der Waals surface area (Å²) < 4.78 is 0. The average molecular weight is 426 g/mol. The van der Waals surface area contributed by atoms with Gasteiger partial charge in [-0.3, -0.25) is 24.9 Å². The molecule has 0 unspecified atom stereocenters. The van der Waals surface area contributed by atoms with Gasteiger partial charge in [0.05, 0.1) is 0 Å². The number of hydrogen-bond donors (Lipinski definition) is 2. The zero-order valence-corrected chi connectivity index (χ0v) is 18.6. The summed E-state index contributed by atoms with van der Waals surface area (Å²) >= 11 is 0. The summed E-state index contributed by atoms with van der Waals surface area (Å²) in [5, 5.41) is 11.5.